The van der Waals surface area contributed by atoms with Crippen molar-refractivity contribution >= 4 is 29.1 Å². The Morgan fingerprint density at radius 1 is 0.972 bits per heavy atom. The molecular formula is C28H34N4O4. The minimum Gasteiger partial charge on any atom is -0.497 e. The first kappa shape index (κ1) is 24.2. The van der Waals surface area contributed by atoms with Gasteiger partial charge in [0.15, 0.2) is 0 Å². The maximum Gasteiger partial charge on any atom is 0.253 e. The Labute approximate surface area is 212 Å². The van der Waals surface area contributed by atoms with Crippen LogP contribution in [0.1, 0.15) is 54.4 Å². The topological polar surface area (TPSA) is 82.2 Å². The van der Waals surface area contributed by atoms with E-state index in [-0.39, 0.29) is 30.3 Å². The van der Waals surface area contributed by atoms with E-state index in [0.29, 0.717) is 17.8 Å². The number of fused-ring (bicyclic) bond motifs is 3. The van der Waals surface area contributed by atoms with E-state index in [4.69, 9.17) is 4.74 Å². The van der Waals surface area contributed by atoms with Gasteiger partial charge in [0.25, 0.3) is 5.91 Å². The first-order valence-electron chi connectivity index (χ1n) is 13.0. The Morgan fingerprint density at radius 3 is 2.58 bits per heavy atom. The van der Waals surface area contributed by atoms with Crippen LogP contribution < -0.4 is 19.9 Å². The van der Waals surface area contributed by atoms with E-state index in [1.165, 1.54) is 0 Å². The van der Waals surface area contributed by atoms with Gasteiger partial charge < -0.3 is 19.9 Å². The number of hydrogen-bond acceptors (Lipinski definition) is 5. The molecule has 2 fully saturated rings. The molecule has 8 nitrogen and oxygen atoms in total. The lowest BCUT2D eigenvalue weighted by Crippen LogP contribution is -2.57. The number of likely N-dealkylation sites (tertiary alicyclic amines) is 1. The summed E-state index contributed by atoms with van der Waals surface area (Å²) in [7, 11) is 1.61. The summed E-state index contributed by atoms with van der Waals surface area (Å²) in [5.41, 5.74) is 3.06. The third-order valence-corrected chi connectivity index (χ3v) is 7.45. The van der Waals surface area contributed by atoms with Crippen LogP contribution in [0.15, 0.2) is 42.5 Å². The zero-order valence-corrected chi connectivity index (χ0v) is 20.9. The van der Waals surface area contributed by atoms with Crippen LogP contribution in [0.25, 0.3) is 0 Å². The first-order chi connectivity index (χ1) is 17.5. The number of carbonyl (C=O) groups excluding carboxylic acids is 3. The van der Waals surface area contributed by atoms with Gasteiger partial charge in [0.1, 0.15) is 18.3 Å². The molecule has 2 saturated heterocycles. The zero-order valence-electron chi connectivity index (χ0n) is 20.9. The maximum absolute atomic E-state index is 13.6. The van der Waals surface area contributed by atoms with E-state index in [1.807, 2.05) is 47.4 Å². The molecule has 2 aromatic carbocycles. The normalized spacial score (nSPS) is 19.4. The van der Waals surface area contributed by atoms with Crippen LogP contribution in [0.2, 0.25) is 0 Å². The van der Waals surface area contributed by atoms with E-state index < -0.39 is 0 Å². The summed E-state index contributed by atoms with van der Waals surface area (Å²) in [5, 5.41) is 2.93. The van der Waals surface area contributed by atoms with Crippen molar-refractivity contribution in [3.63, 3.8) is 0 Å². The van der Waals surface area contributed by atoms with Gasteiger partial charge >= 0.3 is 0 Å². The summed E-state index contributed by atoms with van der Waals surface area (Å²) in [6.45, 7) is 2.59. The van der Waals surface area contributed by atoms with Crippen molar-refractivity contribution in [1.29, 1.82) is 0 Å². The fraction of sp³-hybridized carbons (Fsp3) is 0.464. The van der Waals surface area contributed by atoms with Crippen molar-refractivity contribution in [2.75, 3.05) is 43.1 Å². The molecular weight excluding hydrogens is 456 g/mol. The van der Waals surface area contributed by atoms with E-state index in [1.54, 1.807) is 12.0 Å². The van der Waals surface area contributed by atoms with Crippen LogP contribution in [0.3, 0.4) is 0 Å². The van der Waals surface area contributed by atoms with Gasteiger partial charge in [-0.25, -0.2) is 0 Å². The van der Waals surface area contributed by atoms with Crippen LogP contribution in [0.5, 0.6) is 5.75 Å². The molecule has 190 valence electrons. The lowest BCUT2D eigenvalue weighted by atomic mass is 9.95. The summed E-state index contributed by atoms with van der Waals surface area (Å²) in [5.74, 6) is 0.411. The number of hydrogen-bond donors (Lipinski definition) is 1. The van der Waals surface area contributed by atoms with Gasteiger partial charge in [-0.1, -0.05) is 12.1 Å². The van der Waals surface area contributed by atoms with Gasteiger partial charge in [-0.3, -0.25) is 19.3 Å². The highest BCUT2D eigenvalue weighted by Crippen LogP contribution is 2.40. The lowest BCUT2D eigenvalue weighted by molar-refractivity contribution is -0.125. The summed E-state index contributed by atoms with van der Waals surface area (Å²) in [4.78, 5) is 45.4. The molecule has 1 N–H and O–H groups in total. The molecule has 8 heteroatoms. The van der Waals surface area contributed by atoms with Crippen LogP contribution in [-0.2, 0) is 16.1 Å². The quantitative estimate of drug-likeness (QED) is 0.672. The number of methoxy groups -OCH3 is 1. The molecule has 0 bridgehead atoms. The van der Waals surface area contributed by atoms with Crippen LogP contribution in [0.4, 0.5) is 11.4 Å². The number of ether oxygens (including phenoxy) is 1. The Balaban J connectivity index is 1.38. The number of piperidine rings is 2. The minimum absolute atomic E-state index is 0.00635. The monoisotopic (exact) mass is 490 g/mol. The predicted octanol–water partition coefficient (Wildman–Crippen LogP) is 3.34. The van der Waals surface area contributed by atoms with E-state index >= 15 is 0 Å². The van der Waals surface area contributed by atoms with E-state index in [0.717, 1.165) is 75.2 Å². The Morgan fingerprint density at radius 2 is 1.78 bits per heavy atom. The third-order valence-electron chi connectivity index (χ3n) is 7.45. The second-order valence-corrected chi connectivity index (χ2v) is 9.81. The molecule has 1 atom stereocenters. The standard InChI is InChI=1S/C28H34N4O4/c1-36-22-9-7-8-20(16-22)18-29-26(33)19-32-25-17-21(27(34)30-13-4-2-5-14-30)11-12-23(25)31-15-6-3-10-24(31)28(32)35/h7-9,11-12,16-17,24H,2-6,10,13-15,18-19H2,1H3,(H,29,33)/t24-/m1/s1. The van der Waals surface area contributed by atoms with Gasteiger partial charge in [-0.15, -0.1) is 0 Å². The average Bonchev–Trinajstić information content (AvgIpc) is 2.94. The molecule has 0 aliphatic carbocycles. The second kappa shape index (κ2) is 10.6. The molecule has 3 amide bonds. The minimum atomic E-state index is -0.263. The highest BCUT2D eigenvalue weighted by Gasteiger charge is 2.40. The largest absolute Gasteiger partial charge is 0.497 e. The number of anilines is 2. The van der Waals surface area contributed by atoms with Gasteiger partial charge in [-0.2, -0.15) is 0 Å². The average molecular weight is 491 g/mol. The lowest BCUT2D eigenvalue weighted by Gasteiger charge is -2.45. The van der Waals surface area contributed by atoms with E-state index in [2.05, 4.69) is 10.2 Å². The molecule has 0 saturated carbocycles. The van der Waals surface area contributed by atoms with Crippen molar-refractivity contribution in [3.05, 3.63) is 53.6 Å². The second-order valence-electron chi connectivity index (χ2n) is 9.81. The SMILES string of the molecule is COc1cccc(CNC(=O)CN2C(=O)[C@H]3CCCCN3c3ccc(C(=O)N4CCCCC4)cc32)c1. The molecule has 36 heavy (non-hydrogen) atoms. The van der Waals surface area contributed by atoms with Crippen molar-refractivity contribution in [3.8, 4) is 5.75 Å². The van der Waals surface area contributed by atoms with Crippen LogP contribution >= 0.6 is 0 Å². The van der Waals surface area contributed by atoms with Crippen LogP contribution in [0, 0.1) is 0 Å². The van der Waals surface area contributed by atoms with Gasteiger partial charge in [-0.05, 0) is 74.4 Å². The maximum atomic E-state index is 13.6. The van der Waals surface area contributed by atoms with E-state index in [9.17, 15) is 14.4 Å². The third kappa shape index (κ3) is 4.90. The fourth-order valence-electron chi connectivity index (χ4n) is 5.52. The highest BCUT2D eigenvalue weighted by atomic mass is 16.5. The smallest absolute Gasteiger partial charge is 0.253 e. The van der Waals surface area contributed by atoms with Crippen molar-refractivity contribution in [1.82, 2.24) is 10.2 Å². The fourth-order valence-corrected chi connectivity index (χ4v) is 5.52. The molecule has 3 aliphatic heterocycles. The molecule has 3 aliphatic rings. The Kier molecular flexibility index (Phi) is 7.11. The molecule has 0 radical (unpaired) electrons. The summed E-state index contributed by atoms with van der Waals surface area (Å²) < 4.78 is 5.26. The first-order valence-corrected chi connectivity index (χ1v) is 13.0. The summed E-state index contributed by atoms with van der Waals surface area (Å²) >= 11 is 0. The van der Waals surface area contributed by atoms with Crippen molar-refractivity contribution < 1.29 is 19.1 Å². The molecule has 0 spiro atoms. The number of amides is 3. The predicted molar refractivity (Wildman–Crippen MR) is 138 cm³/mol. The zero-order chi connectivity index (χ0) is 25.1. The number of carbonyl (C=O) groups is 3. The number of benzene rings is 2. The number of nitrogens with one attached hydrogen (secondary N) is 1. The summed E-state index contributed by atoms with van der Waals surface area (Å²) in [6, 6.07) is 12.9. The van der Waals surface area contributed by atoms with Gasteiger partial charge in [0.05, 0.1) is 18.5 Å². The molecule has 2 aromatic rings. The number of rotatable bonds is 6. The van der Waals surface area contributed by atoms with Crippen molar-refractivity contribution in [2.45, 2.75) is 51.1 Å². The molecule has 0 unspecified atom stereocenters. The summed E-state index contributed by atoms with van der Waals surface area (Å²) in [6.07, 6.45) is 5.98. The van der Waals surface area contributed by atoms with Gasteiger partial charge in [0, 0.05) is 31.7 Å². The molecule has 5 rings (SSSR count). The van der Waals surface area contributed by atoms with Gasteiger partial charge in [0.2, 0.25) is 11.8 Å². The molecule has 0 aromatic heterocycles. The van der Waals surface area contributed by atoms with Crippen LogP contribution in [-0.4, -0.2) is 62.0 Å². The number of nitrogens with zero attached hydrogens (tertiary/aromatic N) is 3. The Hall–Kier alpha value is -3.55. The highest BCUT2D eigenvalue weighted by molar-refractivity contribution is 6.09. The molecule has 3 heterocycles. The van der Waals surface area contributed by atoms with Crippen molar-refractivity contribution in [2.24, 2.45) is 0 Å². The Bertz CT molecular complexity index is 1140.